The zero-order valence-corrected chi connectivity index (χ0v) is 18.3. The second-order valence-corrected chi connectivity index (χ2v) is 8.75. The molecule has 1 fully saturated rings. The molecule has 3 N–H and O–H groups in total. The highest BCUT2D eigenvalue weighted by Gasteiger charge is 2.27. The lowest BCUT2D eigenvalue weighted by atomic mass is 9.84. The van der Waals surface area contributed by atoms with Gasteiger partial charge < -0.3 is 20.0 Å². The van der Waals surface area contributed by atoms with Crippen molar-refractivity contribution in [2.45, 2.75) is 51.2 Å². The predicted octanol–water partition coefficient (Wildman–Crippen LogP) is 4.23. The summed E-state index contributed by atoms with van der Waals surface area (Å²) in [5, 5.41) is 22.2. The lowest BCUT2D eigenvalue weighted by Gasteiger charge is -2.30. The molecule has 33 heavy (non-hydrogen) atoms. The van der Waals surface area contributed by atoms with Gasteiger partial charge in [0.25, 0.3) is 0 Å². The van der Waals surface area contributed by atoms with Crippen LogP contribution in [0.5, 0.6) is 0 Å². The van der Waals surface area contributed by atoms with Crippen LogP contribution in [0.3, 0.4) is 0 Å². The number of aromatic nitrogens is 4. The van der Waals surface area contributed by atoms with E-state index in [1.54, 1.807) is 30.5 Å². The summed E-state index contributed by atoms with van der Waals surface area (Å²) in [6.07, 6.45) is 8.33. The van der Waals surface area contributed by atoms with E-state index in [1.165, 1.54) is 0 Å². The number of nitrogens with zero attached hydrogens (tertiary/aromatic N) is 4. The fraction of sp³-hybridized carbons (Fsp3) is 0.360. The summed E-state index contributed by atoms with van der Waals surface area (Å²) in [6.45, 7) is -0.0312. The van der Waals surface area contributed by atoms with Crippen LogP contribution in [0.25, 0.3) is 22.1 Å². The van der Waals surface area contributed by atoms with E-state index in [1.807, 2.05) is 12.3 Å². The number of nitriles is 1. The molecule has 1 aromatic carbocycles. The molecule has 1 saturated carbocycles. The van der Waals surface area contributed by atoms with Gasteiger partial charge in [0.15, 0.2) is 0 Å². The number of carbonyl (C=O) groups excluding carboxylic acids is 1. The summed E-state index contributed by atoms with van der Waals surface area (Å²) in [4.78, 5) is 25.4. The Hall–Kier alpha value is -3.70. The van der Waals surface area contributed by atoms with Crippen molar-refractivity contribution in [2.75, 3.05) is 5.32 Å². The molecule has 3 heterocycles. The van der Waals surface area contributed by atoms with Crippen molar-refractivity contribution in [1.29, 1.82) is 5.26 Å². The molecular weight excluding hydrogens is 416 g/mol. The van der Waals surface area contributed by atoms with Crippen molar-refractivity contribution in [3.63, 3.8) is 0 Å². The number of anilines is 1. The van der Waals surface area contributed by atoms with Crippen LogP contribution in [0.4, 0.5) is 5.69 Å². The maximum Gasteiger partial charge on any atom is 0.231 e. The minimum Gasteiger partial charge on any atom is -0.392 e. The Morgan fingerprint density at radius 1 is 1.21 bits per heavy atom. The fourth-order valence-electron chi connectivity index (χ4n) is 4.94. The third-order valence-corrected chi connectivity index (χ3v) is 6.61. The van der Waals surface area contributed by atoms with Gasteiger partial charge in [0.05, 0.1) is 30.8 Å². The van der Waals surface area contributed by atoms with E-state index in [2.05, 4.69) is 25.9 Å². The van der Waals surface area contributed by atoms with E-state index >= 15 is 0 Å². The lowest BCUT2D eigenvalue weighted by molar-refractivity contribution is -0.115. The van der Waals surface area contributed by atoms with Gasteiger partial charge in [-0.15, -0.1) is 0 Å². The minimum atomic E-state index is -0.139. The number of aliphatic hydroxyl groups is 1. The van der Waals surface area contributed by atoms with Gasteiger partial charge in [0.2, 0.25) is 5.91 Å². The van der Waals surface area contributed by atoms with Crippen molar-refractivity contribution in [1.82, 2.24) is 19.5 Å². The van der Waals surface area contributed by atoms with Gasteiger partial charge in [-0.05, 0) is 55.4 Å². The smallest absolute Gasteiger partial charge is 0.231 e. The molecule has 0 bridgehead atoms. The predicted molar refractivity (Wildman–Crippen MR) is 125 cm³/mol. The van der Waals surface area contributed by atoms with Gasteiger partial charge >= 0.3 is 0 Å². The minimum absolute atomic E-state index is 0.0312. The number of aromatic amines is 1. The second kappa shape index (κ2) is 9.04. The highest BCUT2D eigenvalue weighted by molar-refractivity contribution is 6.02. The molecule has 0 saturated heterocycles. The first-order valence-corrected chi connectivity index (χ1v) is 11.4. The average molecular weight is 443 g/mol. The Bertz CT molecular complexity index is 1320. The van der Waals surface area contributed by atoms with Gasteiger partial charge in [-0.25, -0.2) is 9.97 Å². The van der Waals surface area contributed by atoms with Crippen molar-refractivity contribution in [3.8, 4) is 6.07 Å². The summed E-state index contributed by atoms with van der Waals surface area (Å²) < 4.78 is 2.24. The number of amides is 1. The van der Waals surface area contributed by atoms with E-state index in [-0.39, 0.29) is 25.0 Å². The largest absolute Gasteiger partial charge is 0.392 e. The molecule has 5 rings (SSSR count). The maximum absolute atomic E-state index is 12.9. The second-order valence-electron chi connectivity index (χ2n) is 8.75. The molecule has 3 aromatic heterocycles. The number of carbonyl (C=O) groups is 1. The standard InChI is InChI=1S/C25H26N6O2/c26-11-9-16-3-7-19(8-4-16)31-22(13-23(33)29-18-5-1-17(15-32)2-6-18)30-21-14-28-25-20(24(21)31)10-12-27-25/h1-2,5-6,10,12,14,16,19,32H,3-4,7-9,13,15H2,(H,27,28)(H,29,33). The van der Waals surface area contributed by atoms with E-state index in [0.717, 1.165) is 59.1 Å². The molecule has 0 aliphatic heterocycles. The summed E-state index contributed by atoms with van der Waals surface area (Å²) in [7, 11) is 0. The Balaban J connectivity index is 1.46. The molecule has 0 unspecified atom stereocenters. The third kappa shape index (κ3) is 4.20. The van der Waals surface area contributed by atoms with Crippen molar-refractivity contribution in [3.05, 3.63) is 54.1 Å². The SMILES string of the molecule is N#CCC1CCC(n2c(CC(=O)Nc3ccc(CO)cc3)nc3cnc4[nH]ccc4c32)CC1. The van der Waals surface area contributed by atoms with Gasteiger partial charge in [-0.2, -0.15) is 5.26 Å². The zero-order valence-electron chi connectivity index (χ0n) is 18.3. The molecule has 4 aromatic rings. The van der Waals surface area contributed by atoms with Gasteiger partial charge in [-0.1, -0.05) is 12.1 Å². The molecule has 8 nitrogen and oxygen atoms in total. The number of fused-ring (bicyclic) bond motifs is 3. The van der Waals surface area contributed by atoms with Crippen LogP contribution in [-0.4, -0.2) is 30.5 Å². The van der Waals surface area contributed by atoms with E-state index in [9.17, 15) is 9.90 Å². The number of hydrogen-bond donors (Lipinski definition) is 3. The first kappa shape index (κ1) is 21.2. The summed E-state index contributed by atoms with van der Waals surface area (Å²) in [6, 6.07) is 11.7. The normalized spacial score (nSPS) is 18.4. The monoisotopic (exact) mass is 442 g/mol. The van der Waals surface area contributed by atoms with Crippen LogP contribution < -0.4 is 5.32 Å². The Morgan fingerprint density at radius 2 is 2.00 bits per heavy atom. The molecule has 8 heteroatoms. The molecule has 168 valence electrons. The van der Waals surface area contributed by atoms with Gasteiger partial charge in [0.1, 0.15) is 17.0 Å². The molecular formula is C25H26N6O2. The van der Waals surface area contributed by atoms with Crippen molar-refractivity contribution < 1.29 is 9.90 Å². The maximum atomic E-state index is 12.9. The quantitative estimate of drug-likeness (QED) is 0.413. The average Bonchev–Trinajstić information content (AvgIpc) is 3.44. The number of benzene rings is 1. The number of pyridine rings is 1. The lowest BCUT2D eigenvalue weighted by Crippen LogP contribution is -2.23. The van der Waals surface area contributed by atoms with Gasteiger partial charge in [-0.3, -0.25) is 4.79 Å². The molecule has 0 radical (unpaired) electrons. The molecule has 0 atom stereocenters. The number of hydrogen-bond acceptors (Lipinski definition) is 5. The Kier molecular flexibility index (Phi) is 5.80. The van der Waals surface area contributed by atoms with Gasteiger partial charge in [0, 0.05) is 29.7 Å². The molecule has 1 amide bonds. The fourth-order valence-corrected chi connectivity index (χ4v) is 4.94. The zero-order chi connectivity index (χ0) is 22.8. The number of rotatable bonds is 6. The van der Waals surface area contributed by atoms with Crippen LogP contribution in [0.2, 0.25) is 0 Å². The summed E-state index contributed by atoms with van der Waals surface area (Å²) in [5.74, 6) is 1.04. The summed E-state index contributed by atoms with van der Waals surface area (Å²) in [5.41, 5.74) is 4.09. The molecule has 1 aliphatic carbocycles. The first-order chi connectivity index (χ1) is 16.2. The van der Waals surface area contributed by atoms with Crippen molar-refractivity contribution >= 4 is 33.7 Å². The van der Waals surface area contributed by atoms with Crippen molar-refractivity contribution in [2.24, 2.45) is 5.92 Å². The number of nitrogens with one attached hydrogen (secondary N) is 2. The van der Waals surface area contributed by atoms with Crippen LogP contribution in [0.1, 0.15) is 49.5 Å². The highest BCUT2D eigenvalue weighted by atomic mass is 16.3. The van der Waals surface area contributed by atoms with E-state index in [4.69, 9.17) is 10.2 Å². The topological polar surface area (TPSA) is 120 Å². The first-order valence-electron chi connectivity index (χ1n) is 11.4. The Labute approximate surface area is 191 Å². The van der Waals surface area contributed by atoms with Crippen LogP contribution >= 0.6 is 0 Å². The van der Waals surface area contributed by atoms with Crippen LogP contribution in [0.15, 0.2) is 42.7 Å². The number of aliphatic hydroxyl groups excluding tert-OH is 1. The van der Waals surface area contributed by atoms with Crippen LogP contribution in [-0.2, 0) is 17.8 Å². The van der Waals surface area contributed by atoms with E-state index < -0.39 is 0 Å². The van der Waals surface area contributed by atoms with Crippen LogP contribution in [0, 0.1) is 17.2 Å². The number of imidazole rings is 1. The molecule has 1 aliphatic rings. The number of H-pyrrole nitrogens is 1. The third-order valence-electron chi connectivity index (χ3n) is 6.61. The Morgan fingerprint density at radius 3 is 2.73 bits per heavy atom. The highest BCUT2D eigenvalue weighted by Crippen LogP contribution is 2.38. The summed E-state index contributed by atoms with van der Waals surface area (Å²) >= 11 is 0. The van der Waals surface area contributed by atoms with E-state index in [0.29, 0.717) is 18.0 Å². The molecule has 0 spiro atoms.